The normalized spacial score (nSPS) is 15.0. The molecule has 0 saturated carbocycles. The fourth-order valence-corrected chi connectivity index (χ4v) is 5.18. The SMILES string of the molecule is CCCOc1ccc(NC(=O)CC2C(=O)N(c3ccc(OC)cc3)C(=S)N2CCc2ccc(Cl)cc2Cl)cc1. The lowest BCUT2D eigenvalue weighted by Gasteiger charge is -2.24. The monoisotopic (exact) mass is 585 g/mol. The zero-order chi connectivity index (χ0) is 27.9. The fraction of sp³-hybridized carbons (Fsp3) is 0.276. The van der Waals surface area contributed by atoms with E-state index >= 15 is 0 Å². The molecule has 3 aromatic rings. The van der Waals surface area contributed by atoms with Gasteiger partial charge in [-0.25, -0.2) is 0 Å². The van der Waals surface area contributed by atoms with Crippen molar-refractivity contribution in [1.82, 2.24) is 4.90 Å². The average Bonchev–Trinajstić information content (AvgIpc) is 3.16. The van der Waals surface area contributed by atoms with Gasteiger partial charge in [0, 0.05) is 22.3 Å². The highest BCUT2D eigenvalue weighted by atomic mass is 35.5. The Labute approximate surface area is 243 Å². The molecule has 1 fully saturated rings. The molecule has 1 saturated heterocycles. The van der Waals surface area contributed by atoms with Crippen LogP contribution < -0.4 is 19.7 Å². The summed E-state index contributed by atoms with van der Waals surface area (Å²) in [6, 6.07) is 18.7. The van der Waals surface area contributed by atoms with Crippen molar-refractivity contribution in [3.63, 3.8) is 0 Å². The summed E-state index contributed by atoms with van der Waals surface area (Å²) in [7, 11) is 1.57. The van der Waals surface area contributed by atoms with Gasteiger partial charge < -0.3 is 19.7 Å². The van der Waals surface area contributed by atoms with E-state index < -0.39 is 6.04 Å². The summed E-state index contributed by atoms with van der Waals surface area (Å²) < 4.78 is 10.8. The van der Waals surface area contributed by atoms with Gasteiger partial charge in [-0.05, 0) is 91.3 Å². The molecular formula is C29H29Cl2N3O4S. The number of anilines is 2. The number of hydrogen-bond acceptors (Lipinski definition) is 5. The number of nitrogens with zero attached hydrogens (tertiary/aromatic N) is 2. The van der Waals surface area contributed by atoms with Gasteiger partial charge >= 0.3 is 0 Å². The smallest absolute Gasteiger partial charge is 0.256 e. The van der Waals surface area contributed by atoms with Crippen LogP contribution in [0.5, 0.6) is 11.5 Å². The van der Waals surface area contributed by atoms with Crippen molar-refractivity contribution in [2.75, 3.05) is 30.5 Å². The first-order valence-corrected chi connectivity index (χ1v) is 13.7. The predicted octanol–water partition coefficient (Wildman–Crippen LogP) is 6.36. The molecule has 1 unspecified atom stereocenters. The van der Waals surface area contributed by atoms with Crippen LogP contribution in [0.15, 0.2) is 66.7 Å². The molecule has 0 aliphatic carbocycles. The number of hydrogen-bond donors (Lipinski definition) is 1. The van der Waals surface area contributed by atoms with E-state index in [1.165, 1.54) is 4.90 Å². The molecule has 1 N–H and O–H groups in total. The van der Waals surface area contributed by atoms with Gasteiger partial charge in [0.1, 0.15) is 17.5 Å². The number of methoxy groups -OCH3 is 1. The van der Waals surface area contributed by atoms with Crippen LogP contribution in [-0.4, -0.2) is 48.1 Å². The first-order chi connectivity index (χ1) is 18.8. The summed E-state index contributed by atoms with van der Waals surface area (Å²) in [4.78, 5) is 30.0. The third-order valence-electron chi connectivity index (χ3n) is 6.28. The second kappa shape index (κ2) is 13.2. The van der Waals surface area contributed by atoms with Crippen molar-refractivity contribution >= 4 is 63.7 Å². The van der Waals surface area contributed by atoms with Crippen molar-refractivity contribution in [2.24, 2.45) is 0 Å². The molecule has 0 radical (unpaired) electrons. The minimum atomic E-state index is -0.780. The van der Waals surface area contributed by atoms with E-state index in [9.17, 15) is 9.59 Å². The molecule has 0 bridgehead atoms. The second-order valence-corrected chi connectivity index (χ2v) is 10.2. The minimum absolute atomic E-state index is 0.0753. The molecule has 7 nitrogen and oxygen atoms in total. The summed E-state index contributed by atoms with van der Waals surface area (Å²) in [6.07, 6.45) is 1.34. The summed E-state index contributed by atoms with van der Waals surface area (Å²) in [5, 5.41) is 4.28. The second-order valence-electron chi connectivity index (χ2n) is 8.97. The van der Waals surface area contributed by atoms with E-state index in [-0.39, 0.29) is 18.2 Å². The molecule has 0 spiro atoms. The Morgan fingerprint density at radius 3 is 2.36 bits per heavy atom. The first-order valence-electron chi connectivity index (χ1n) is 12.6. The van der Waals surface area contributed by atoms with Crippen LogP contribution >= 0.6 is 35.4 Å². The van der Waals surface area contributed by atoms with Crippen molar-refractivity contribution < 1.29 is 19.1 Å². The highest BCUT2D eigenvalue weighted by Crippen LogP contribution is 2.30. The number of halogens is 2. The van der Waals surface area contributed by atoms with E-state index in [0.29, 0.717) is 51.9 Å². The molecular weight excluding hydrogens is 557 g/mol. The van der Waals surface area contributed by atoms with Gasteiger partial charge in [-0.2, -0.15) is 0 Å². The highest BCUT2D eigenvalue weighted by molar-refractivity contribution is 7.80. The standard InChI is InChI=1S/C29H29Cl2N3O4S/c1-3-16-38-24-10-6-21(7-11-24)32-27(35)18-26-28(36)34(22-8-12-23(37-2)13-9-22)29(39)33(26)15-14-19-4-5-20(30)17-25(19)31/h4-13,17,26H,3,14-16,18H2,1-2H3,(H,32,35). The van der Waals surface area contributed by atoms with Crippen LogP contribution in [-0.2, 0) is 16.0 Å². The molecule has 1 aliphatic heterocycles. The summed E-state index contributed by atoms with van der Waals surface area (Å²) in [6.45, 7) is 3.05. The molecule has 3 aromatic carbocycles. The Balaban J connectivity index is 1.52. The Morgan fingerprint density at radius 2 is 1.72 bits per heavy atom. The Bertz CT molecular complexity index is 1340. The lowest BCUT2D eigenvalue weighted by Crippen LogP contribution is -2.39. The number of rotatable bonds is 11. The maximum absolute atomic E-state index is 13.7. The summed E-state index contributed by atoms with van der Waals surface area (Å²) >= 11 is 18.2. The number of ether oxygens (including phenoxy) is 2. The molecule has 39 heavy (non-hydrogen) atoms. The number of thiocarbonyl (C=S) groups is 1. The van der Waals surface area contributed by atoms with Crippen molar-refractivity contribution in [3.05, 3.63) is 82.3 Å². The van der Waals surface area contributed by atoms with Crippen LogP contribution in [0.2, 0.25) is 10.0 Å². The molecule has 1 heterocycles. The number of carbonyl (C=O) groups excluding carboxylic acids is 2. The van der Waals surface area contributed by atoms with Gasteiger partial charge in [-0.1, -0.05) is 36.2 Å². The van der Waals surface area contributed by atoms with Crippen molar-refractivity contribution in [1.29, 1.82) is 0 Å². The van der Waals surface area contributed by atoms with E-state index in [1.54, 1.807) is 72.7 Å². The topological polar surface area (TPSA) is 71.1 Å². The molecule has 204 valence electrons. The van der Waals surface area contributed by atoms with Gasteiger partial charge in [0.15, 0.2) is 5.11 Å². The van der Waals surface area contributed by atoms with Gasteiger partial charge in [0.2, 0.25) is 5.91 Å². The maximum Gasteiger partial charge on any atom is 0.256 e. The maximum atomic E-state index is 13.7. The van der Waals surface area contributed by atoms with Crippen LogP contribution in [0.4, 0.5) is 11.4 Å². The average molecular weight is 587 g/mol. The lowest BCUT2D eigenvalue weighted by atomic mass is 10.1. The van der Waals surface area contributed by atoms with Crippen molar-refractivity contribution in [3.8, 4) is 11.5 Å². The van der Waals surface area contributed by atoms with E-state index in [1.807, 2.05) is 13.0 Å². The zero-order valence-corrected chi connectivity index (χ0v) is 24.0. The van der Waals surface area contributed by atoms with Gasteiger partial charge in [-0.3, -0.25) is 14.5 Å². The Kier molecular flexibility index (Phi) is 9.67. The van der Waals surface area contributed by atoms with Crippen LogP contribution in [0.1, 0.15) is 25.3 Å². The predicted molar refractivity (Wildman–Crippen MR) is 159 cm³/mol. The number of carbonyl (C=O) groups is 2. The molecule has 10 heteroatoms. The van der Waals surface area contributed by atoms with Crippen molar-refractivity contribution in [2.45, 2.75) is 32.2 Å². The molecule has 1 atom stereocenters. The molecule has 1 aliphatic rings. The quantitative estimate of drug-likeness (QED) is 0.264. The van der Waals surface area contributed by atoms with Crippen LogP contribution in [0, 0.1) is 0 Å². The van der Waals surface area contributed by atoms with Gasteiger partial charge in [-0.15, -0.1) is 0 Å². The minimum Gasteiger partial charge on any atom is -0.497 e. The third-order valence-corrected chi connectivity index (χ3v) is 7.28. The lowest BCUT2D eigenvalue weighted by molar-refractivity contribution is -0.124. The highest BCUT2D eigenvalue weighted by Gasteiger charge is 2.44. The Morgan fingerprint density at radius 1 is 1.03 bits per heavy atom. The third kappa shape index (κ3) is 7.01. The first kappa shape index (κ1) is 28.7. The summed E-state index contributed by atoms with van der Waals surface area (Å²) in [5.41, 5.74) is 2.09. The number of amides is 2. The molecule has 0 aromatic heterocycles. The van der Waals surface area contributed by atoms with Crippen LogP contribution in [0.3, 0.4) is 0 Å². The molecule has 4 rings (SSSR count). The van der Waals surface area contributed by atoms with Gasteiger partial charge in [0.05, 0.1) is 25.8 Å². The molecule has 2 amide bonds. The number of nitrogens with one attached hydrogen (secondary N) is 1. The van der Waals surface area contributed by atoms with E-state index in [4.69, 9.17) is 44.9 Å². The fourth-order valence-electron chi connectivity index (χ4n) is 4.26. The van der Waals surface area contributed by atoms with E-state index in [2.05, 4.69) is 5.32 Å². The summed E-state index contributed by atoms with van der Waals surface area (Å²) in [5.74, 6) is 0.816. The van der Waals surface area contributed by atoms with Crippen LogP contribution in [0.25, 0.3) is 0 Å². The van der Waals surface area contributed by atoms with Gasteiger partial charge in [0.25, 0.3) is 5.91 Å². The zero-order valence-electron chi connectivity index (χ0n) is 21.7. The Hall–Kier alpha value is -3.33. The number of benzene rings is 3. The largest absolute Gasteiger partial charge is 0.497 e. The van der Waals surface area contributed by atoms with E-state index in [0.717, 1.165) is 17.7 Å².